The number of amides is 1. The van der Waals surface area contributed by atoms with Gasteiger partial charge in [-0.3, -0.25) is 9.59 Å². The fourth-order valence-electron chi connectivity index (χ4n) is 3.38. The van der Waals surface area contributed by atoms with Crippen molar-refractivity contribution >= 4 is 11.7 Å². The van der Waals surface area contributed by atoms with E-state index < -0.39 is 6.04 Å². The van der Waals surface area contributed by atoms with Crippen molar-refractivity contribution < 1.29 is 14.3 Å². The van der Waals surface area contributed by atoms with E-state index in [1.165, 1.54) is 0 Å². The van der Waals surface area contributed by atoms with Crippen molar-refractivity contribution in [3.05, 3.63) is 42.8 Å². The van der Waals surface area contributed by atoms with Crippen LogP contribution in [0.4, 0.5) is 0 Å². The van der Waals surface area contributed by atoms with Crippen molar-refractivity contribution in [1.29, 1.82) is 0 Å². The lowest BCUT2D eigenvalue weighted by molar-refractivity contribution is -0.129. The molecule has 3 unspecified atom stereocenters. The maximum absolute atomic E-state index is 13.2. The Bertz CT molecular complexity index is 613. The van der Waals surface area contributed by atoms with E-state index in [9.17, 15) is 9.59 Å². The van der Waals surface area contributed by atoms with Crippen LogP contribution < -0.4 is 5.32 Å². The number of Topliss-reactive ketones (excluding diaryl/α,β-unsaturated/α-hetero) is 1. The minimum absolute atomic E-state index is 0.0543. The summed E-state index contributed by atoms with van der Waals surface area (Å²) in [5.74, 6) is -0.561. The van der Waals surface area contributed by atoms with Gasteiger partial charge >= 0.3 is 0 Å². The van der Waals surface area contributed by atoms with Crippen LogP contribution in [-0.4, -0.2) is 56.0 Å². The lowest BCUT2D eigenvalue weighted by Gasteiger charge is -2.34. The fraction of sp³-hybridized carbons (Fsp3) is 0.571. The zero-order valence-electron chi connectivity index (χ0n) is 16.3. The highest BCUT2D eigenvalue weighted by Crippen LogP contribution is 2.38. The highest BCUT2D eigenvalue weighted by Gasteiger charge is 2.41. The third-order valence-electron chi connectivity index (χ3n) is 5.14. The molecule has 5 heteroatoms. The van der Waals surface area contributed by atoms with Gasteiger partial charge in [0.25, 0.3) is 0 Å². The normalized spacial score (nSPS) is 21.8. The first-order chi connectivity index (χ1) is 12.3. The Kier molecular flexibility index (Phi) is 6.95. The molecule has 0 spiro atoms. The number of ketones is 1. The number of nitrogens with one attached hydrogen (secondary N) is 1. The molecule has 1 aliphatic rings. The standard InChI is InChI=1S/C21H31N2O3/c1-6-21(2,3)18(15-10-8-7-9-11-15)20(25)22-19-16(24)14-26-17(19)12-13-23(4)5/h7-11,17-19H,1,6,12-14H2,2-5H3,(H,22,25). The van der Waals surface area contributed by atoms with Crippen LogP contribution in [0.1, 0.15) is 38.2 Å². The molecule has 5 nitrogen and oxygen atoms in total. The SMILES string of the molecule is [CH2]CC(C)(C)C(C(=O)NC1C(=O)COC1CCN(C)C)c1ccccc1. The van der Waals surface area contributed by atoms with Crippen LogP contribution in [0.5, 0.6) is 0 Å². The first-order valence-corrected chi connectivity index (χ1v) is 9.20. The van der Waals surface area contributed by atoms with Crippen molar-refractivity contribution in [3.63, 3.8) is 0 Å². The van der Waals surface area contributed by atoms with Gasteiger partial charge in [-0.1, -0.05) is 51.1 Å². The minimum atomic E-state index is -0.575. The number of carbonyl (C=O) groups is 2. The van der Waals surface area contributed by atoms with E-state index in [0.717, 1.165) is 12.1 Å². The molecular weight excluding hydrogens is 328 g/mol. The number of ether oxygens (including phenoxy) is 1. The Morgan fingerprint density at radius 3 is 2.58 bits per heavy atom. The van der Waals surface area contributed by atoms with Gasteiger partial charge < -0.3 is 15.0 Å². The molecule has 1 aromatic carbocycles. The van der Waals surface area contributed by atoms with E-state index in [0.29, 0.717) is 12.8 Å². The van der Waals surface area contributed by atoms with Crippen LogP contribution in [-0.2, 0) is 14.3 Å². The Morgan fingerprint density at radius 2 is 2.00 bits per heavy atom. The molecule has 2 rings (SSSR count). The average Bonchev–Trinajstić information content (AvgIpc) is 2.94. The molecule has 143 valence electrons. The molecule has 1 fully saturated rings. The number of carbonyl (C=O) groups excluding carboxylic acids is 2. The maximum Gasteiger partial charge on any atom is 0.228 e. The summed E-state index contributed by atoms with van der Waals surface area (Å²) >= 11 is 0. The highest BCUT2D eigenvalue weighted by atomic mass is 16.5. The molecule has 1 aliphatic heterocycles. The van der Waals surface area contributed by atoms with Crippen molar-refractivity contribution in [2.24, 2.45) is 5.41 Å². The van der Waals surface area contributed by atoms with Crippen LogP contribution in [0, 0.1) is 12.3 Å². The zero-order valence-corrected chi connectivity index (χ0v) is 16.3. The Labute approximate surface area is 157 Å². The molecule has 1 N–H and O–H groups in total. The van der Waals surface area contributed by atoms with E-state index >= 15 is 0 Å². The summed E-state index contributed by atoms with van der Waals surface area (Å²) in [5.41, 5.74) is 0.613. The van der Waals surface area contributed by atoms with E-state index in [2.05, 4.69) is 12.2 Å². The third-order valence-corrected chi connectivity index (χ3v) is 5.14. The highest BCUT2D eigenvalue weighted by molar-refractivity contribution is 5.94. The monoisotopic (exact) mass is 359 g/mol. The second-order valence-corrected chi connectivity index (χ2v) is 7.98. The van der Waals surface area contributed by atoms with Gasteiger partial charge in [0, 0.05) is 6.54 Å². The van der Waals surface area contributed by atoms with Crippen molar-refractivity contribution in [2.75, 3.05) is 27.2 Å². The average molecular weight is 359 g/mol. The molecule has 0 aromatic heterocycles. The van der Waals surface area contributed by atoms with E-state index in [1.807, 2.05) is 63.2 Å². The quantitative estimate of drug-likeness (QED) is 0.774. The van der Waals surface area contributed by atoms with E-state index in [4.69, 9.17) is 4.74 Å². The number of hydrogen-bond acceptors (Lipinski definition) is 4. The topological polar surface area (TPSA) is 58.6 Å². The largest absolute Gasteiger partial charge is 0.368 e. The molecule has 1 radical (unpaired) electrons. The van der Waals surface area contributed by atoms with Gasteiger partial charge in [-0.2, -0.15) is 0 Å². The predicted molar refractivity (Wildman–Crippen MR) is 103 cm³/mol. The summed E-state index contributed by atoms with van der Waals surface area (Å²) in [4.78, 5) is 27.5. The van der Waals surface area contributed by atoms with Gasteiger partial charge in [-0.15, -0.1) is 0 Å². The summed E-state index contributed by atoms with van der Waals surface area (Å²) in [5, 5.41) is 2.98. The second kappa shape index (κ2) is 8.78. The molecule has 1 aromatic rings. The molecular formula is C21H31N2O3. The summed E-state index contributed by atoms with van der Waals surface area (Å²) in [6.45, 7) is 8.96. The number of nitrogens with zero attached hydrogens (tertiary/aromatic N) is 1. The maximum atomic E-state index is 13.2. The summed E-state index contributed by atoms with van der Waals surface area (Å²) in [6, 6.07) is 9.13. The minimum Gasteiger partial charge on any atom is -0.368 e. The van der Waals surface area contributed by atoms with Crippen molar-refractivity contribution in [3.8, 4) is 0 Å². The molecule has 1 heterocycles. The predicted octanol–water partition coefficient (Wildman–Crippen LogP) is 2.42. The Morgan fingerprint density at radius 1 is 1.35 bits per heavy atom. The lowest BCUT2D eigenvalue weighted by Crippen LogP contribution is -2.49. The zero-order chi connectivity index (χ0) is 19.3. The third kappa shape index (κ3) is 4.92. The molecule has 0 aliphatic carbocycles. The van der Waals surface area contributed by atoms with Crippen molar-refractivity contribution in [1.82, 2.24) is 10.2 Å². The molecule has 0 saturated carbocycles. The van der Waals surface area contributed by atoms with Crippen LogP contribution in [0.15, 0.2) is 30.3 Å². The summed E-state index contributed by atoms with van der Waals surface area (Å²) < 4.78 is 5.62. The van der Waals surface area contributed by atoms with Gasteiger partial charge in [-0.25, -0.2) is 0 Å². The van der Waals surface area contributed by atoms with Crippen LogP contribution in [0.3, 0.4) is 0 Å². The number of benzene rings is 1. The summed E-state index contributed by atoms with van der Waals surface area (Å²) in [7, 11) is 3.96. The second-order valence-electron chi connectivity index (χ2n) is 7.98. The molecule has 0 bridgehead atoms. The van der Waals surface area contributed by atoms with Gasteiger partial charge in [-0.05, 0) is 37.9 Å². The summed E-state index contributed by atoms with van der Waals surface area (Å²) in [6.07, 6.45) is 1.05. The van der Waals surface area contributed by atoms with Gasteiger partial charge in [0.1, 0.15) is 12.6 Å². The van der Waals surface area contributed by atoms with Gasteiger partial charge in [0.15, 0.2) is 5.78 Å². The van der Waals surface area contributed by atoms with Crippen LogP contribution >= 0.6 is 0 Å². The number of rotatable bonds is 8. The van der Waals surface area contributed by atoms with Gasteiger partial charge in [0.05, 0.1) is 12.0 Å². The van der Waals surface area contributed by atoms with E-state index in [-0.39, 0.29) is 35.7 Å². The van der Waals surface area contributed by atoms with Crippen LogP contribution in [0.2, 0.25) is 0 Å². The smallest absolute Gasteiger partial charge is 0.228 e. The molecule has 1 amide bonds. The van der Waals surface area contributed by atoms with Gasteiger partial charge in [0.2, 0.25) is 5.91 Å². The lowest BCUT2D eigenvalue weighted by atomic mass is 9.72. The van der Waals surface area contributed by atoms with E-state index in [1.54, 1.807) is 0 Å². The number of hydrogen-bond donors (Lipinski definition) is 1. The Hall–Kier alpha value is -1.72. The van der Waals surface area contributed by atoms with Crippen molar-refractivity contribution in [2.45, 2.75) is 44.8 Å². The first kappa shape index (κ1) is 20.6. The first-order valence-electron chi connectivity index (χ1n) is 9.20. The molecule has 1 saturated heterocycles. The molecule has 26 heavy (non-hydrogen) atoms. The van der Waals surface area contributed by atoms with Crippen LogP contribution in [0.25, 0.3) is 0 Å². The fourth-order valence-corrected chi connectivity index (χ4v) is 3.38. The molecule has 3 atom stereocenters. The Balaban J connectivity index is 2.19.